The van der Waals surface area contributed by atoms with Crippen molar-refractivity contribution >= 4 is 11.6 Å². The zero-order chi connectivity index (χ0) is 10.4. The summed E-state index contributed by atoms with van der Waals surface area (Å²) in [6, 6.07) is 7.17. The topological polar surface area (TPSA) is 78.3 Å². The third kappa shape index (κ3) is 3.80. The van der Waals surface area contributed by atoms with E-state index in [1.807, 2.05) is 12.1 Å². The van der Waals surface area contributed by atoms with Gasteiger partial charge in [-0.15, -0.1) is 0 Å². The summed E-state index contributed by atoms with van der Waals surface area (Å²) in [6.45, 7) is 0.479. The van der Waals surface area contributed by atoms with E-state index >= 15 is 0 Å². The Labute approximate surface area is 82.8 Å². The molecule has 0 radical (unpaired) electrons. The highest BCUT2D eigenvalue weighted by Gasteiger charge is 1.96. The number of carbonyl (C=O) groups excluding carboxylic acids is 1. The summed E-state index contributed by atoms with van der Waals surface area (Å²) in [5.41, 5.74) is 11.2. The van der Waals surface area contributed by atoms with Gasteiger partial charge in [-0.1, -0.05) is 6.07 Å². The number of hydrogen-bond acceptors (Lipinski definition) is 3. The second-order valence-electron chi connectivity index (χ2n) is 2.99. The van der Waals surface area contributed by atoms with Gasteiger partial charge in [0.1, 0.15) is 5.75 Å². The Balaban J connectivity index is 2.28. The van der Waals surface area contributed by atoms with E-state index in [1.54, 1.807) is 12.1 Å². The van der Waals surface area contributed by atoms with E-state index in [1.165, 1.54) is 0 Å². The molecule has 0 saturated carbocycles. The highest BCUT2D eigenvalue weighted by molar-refractivity contribution is 5.73. The van der Waals surface area contributed by atoms with Crippen molar-refractivity contribution in [2.45, 2.75) is 12.8 Å². The average Bonchev–Trinajstić information content (AvgIpc) is 2.12. The molecular formula is C10H14N2O2. The van der Waals surface area contributed by atoms with E-state index in [2.05, 4.69) is 0 Å². The number of ether oxygens (including phenoxy) is 1. The van der Waals surface area contributed by atoms with Crippen LogP contribution in [0.1, 0.15) is 12.8 Å². The molecule has 76 valence electrons. The quantitative estimate of drug-likeness (QED) is 0.540. The average molecular weight is 194 g/mol. The highest BCUT2D eigenvalue weighted by atomic mass is 16.5. The molecule has 0 saturated heterocycles. The molecule has 1 rings (SSSR count). The molecule has 1 aromatic rings. The molecule has 4 N–H and O–H groups in total. The number of nitrogen functional groups attached to an aromatic ring is 1. The molecule has 4 nitrogen and oxygen atoms in total. The van der Waals surface area contributed by atoms with Crippen LogP contribution in [0.3, 0.4) is 0 Å². The summed E-state index contributed by atoms with van der Waals surface area (Å²) >= 11 is 0. The third-order valence-corrected chi connectivity index (χ3v) is 1.69. The molecule has 4 heteroatoms. The van der Waals surface area contributed by atoms with Crippen molar-refractivity contribution in [1.82, 2.24) is 0 Å². The van der Waals surface area contributed by atoms with Crippen molar-refractivity contribution in [2.75, 3.05) is 12.3 Å². The molecule has 0 spiro atoms. The van der Waals surface area contributed by atoms with Gasteiger partial charge in [0.2, 0.25) is 5.91 Å². The maximum absolute atomic E-state index is 10.4. The van der Waals surface area contributed by atoms with Crippen molar-refractivity contribution in [2.24, 2.45) is 5.73 Å². The fraction of sp³-hybridized carbons (Fsp3) is 0.300. The first-order valence-electron chi connectivity index (χ1n) is 4.45. The second kappa shape index (κ2) is 5.11. The Morgan fingerprint density at radius 3 is 2.86 bits per heavy atom. The lowest BCUT2D eigenvalue weighted by Gasteiger charge is -2.05. The van der Waals surface area contributed by atoms with Gasteiger partial charge in [-0.05, 0) is 18.6 Å². The molecule has 0 unspecified atom stereocenters. The molecule has 0 bridgehead atoms. The van der Waals surface area contributed by atoms with Gasteiger partial charge >= 0.3 is 0 Å². The molecular weight excluding hydrogens is 180 g/mol. The van der Waals surface area contributed by atoms with Crippen LogP contribution in [0, 0.1) is 0 Å². The van der Waals surface area contributed by atoms with E-state index in [4.69, 9.17) is 16.2 Å². The number of benzene rings is 1. The van der Waals surface area contributed by atoms with Crippen LogP contribution < -0.4 is 16.2 Å². The predicted molar refractivity (Wildman–Crippen MR) is 54.8 cm³/mol. The smallest absolute Gasteiger partial charge is 0.217 e. The van der Waals surface area contributed by atoms with Gasteiger partial charge in [0.15, 0.2) is 0 Å². The molecule has 0 fully saturated rings. The standard InChI is InChI=1S/C10H14N2O2/c11-8-3-1-4-9(7-8)14-6-2-5-10(12)13/h1,3-4,7H,2,5-6,11H2,(H2,12,13). The zero-order valence-corrected chi connectivity index (χ0v) is 7.90. The van der Waals surface area contributed by atoms with Crippen LogP contribution in [0.2, 0.25) is 0 Å². The molecule has 0 heterocycles. The van der Waals surface area contributed by atoms with Crippen LogP contribution in [0.15, 0.2) is 24.3 Å². The van der Waals surface area contributed by atoms with Gasteiger partial charge in [-0.25, -0.2) is 0 Å². The Hall–Kier alpha value is -1.71. The third-order valence-electron chi connectivity index (χ3n) is 1.69. The monoisotopic (exact) mass is 194 g/mol. The molecule has 1 aromatic carbocycles. The highest BCUT2D eigenvalue weighted by Crippen LogP contribution is 2.14. The predicted octanol–water partition coefficient (Wildman–Crippen LogP) is 0.913. The van der Waals surface area contributed by atoms with Gasteiger partial charge in [0.25, 0.3) is 0 Å². The van der Waals surface area contributed by atoms with Gasteiger partial charge in [0, 0.05) is 18.2 Å². The molecule has 14 heavy (non-hydrogen) atoms. The van der Waals surface area contributed by atoms with Gasteiger partial charge in [0.05, 0.1) is 6.61 Å². The van der Waals surface area contributed by atoms with Crippen molar-refractivity contribution < 1.29 is 9.53 Å². The van der Waals surface area contributed by atoms with Gasteiger partial charge in [-0.3, -0.25) is 4.79 Å². The number of anilines is 1. The lowest BCUT2D eigenvalue weighted by molar-refractivity contribution is -0.118. The Kier molecular flexibility index (Phi) is 3.79. The lowest BCUT2D eigenvalue weighted by Crippen LogP contribution is -2.11. The summed E-state index contributed by atoms with van der Waals surface area (Å²) in [5, 5.41) is 0. The molecule has 0 aliphatic carbocycles. The van der Waals surface area contributed by atoms with Crippen LogP contribution in [0.4, 0.5) is 5.69 Å². The van der Waals surface area contributed by atoms with Gasteiger partial charge < -0.3 is 16.2 Å². The van der Waals surface area contributed by atoms with Crippen molar-refractivity contribution in [3.63, 3.8) is 0 Å². The number of nitrogens with two attached hydrogens (primary N) is 2. The minimum Gasteiger partial charge on any atom is -0.494 e. The Morgan fingerprint density at radius 2 is 2.21 bits per heavy atom. The molecule has 1 amide bonds. The summed E-state index contributed by atoms with van der Waals surface area (Å²) in [7, 11) is 0. The van der Waals surface area contributed by atoms with E-state index in [-0.39, 0.29) is 5.91 Å². The van der Waals surface area contributed by atoms with Crippen molar-refractivity contribution in [3.05, 3.63) is 24.3 Å². The number of primary amides is 1. The van der Waals surface area contributed by atoms with Crippen molar-refractivity contribution in [1.29, 1.82) is 0 Å². The summed E-state index contributed by atoms with van der Waals surface area (Å²) in [5.74, 6) is 0.413. The van der Waals surface area contributed by atoms with Crippen LogP contribution >= 0.6 is 0 Å². The number of hydrogen-bond donors (Lipinski definition) is 2. The van der Waals surface area contributed by atoms with E-state index in [9.17, 15) is 4.79 Å². The zero-order valence-electron chi connectivity index (χ0n) is 7.90. The molecule has 0 atom stereocenters. The second-order valence-corrected chi connectivity index (χ2v) is 2.99. The maximum atomic E-state index is 10.4. The Bertz CT molecular complexity index is 313. The van der Waals surface area contributed by atoms with Crippen LogP contribution in [0.25, 0.3) is 0 Å². The first-order valence-corrected chi connectivity index (χ1v) is 4.45. The largest absolute Gasteiger partial charge is 0.494 e. The van der Waals surface area contributed by atoms with E-state index < -0.39 is 0 Å². The summed E-state index contributed by atoms with van der Waals surface area (Å²) in [6.07, 6.45) is 0.979. The van der Waals surface area contributed by atoms with Crippen molar-refractivity contribution in [3.8, 4) is 5.75 Å². The number of rotatable bonds is 5. The SMILES string of the molecule is NC(=O)CCCOc1cccc(N)c1. The minimum absolute atomic E-state index is 0.304. The number of carbonyl (C=O) groups is 1. The number of amides is 1. The first-order chi connectivity index (χ1) is 6.68. The maximum Gasteiger partial charge on any atom is 0.217 e. The lowest BCUT2D eigenvalue weighted by atomic mass is 10.3. The van der Waals surface area contributed by atoms with Crippen LogP contribution in [0.5, 0.6) is 5.75 Å². The fourth-order valence-corrected chi connectivity index (χ4v) is 1.04. The van der Waals surface area contributed by atoms with Crippen LogP contribution in [-0.2, 0) is 4.79 Å². The Morgan fingerprint density at radius 1 is 1.43 bits per heavy atom. The molecule has 0 aliphatic heterocycles. The summed E-state index contributed by atoms with van der Waals surface area (Å²) < 4.78 is 5.35. The van der Waals surface area contributed by atoms with Crippen LogP contribution in [-0.4, -0.2) is 12.5 Å². The van der Waals surface area contributed by atoms with Gasteiger partial charge in [-0.2, -0.15) is 0 Å². The minimum atomic E-state index is -0.304. The summed E-state index contributed by atoms with van der Waals surface area (Å²) in [4.78, 5) is 10.4. The molecule has 0 aromatic heterocycles. The fourth-order valence-electron chi connectivity index (χ4n) is 1.04. The first kappa shape index (κ1) is 10.4. The van der Waals surface area contributed by atoms with E-state index in [0.29, 0.717) is 25.1 Å². The normalized spacial score (nSPS) is 9.71. The molecule has 0 aliphatic rings. The van der Waals surface area contributed by atoms with E-state index in [0.717, 1.165) is 5.75 Å².